The van der Waals surface area contributed by atoms with E-state index in [1.54, 1.807) is 0 Å². The molecule has 0 radical (unpaired) electrons. The monoisotopic (exact) mass is 672 g/mol. The summed E-state index contributed by atoms with van der Waals surface area (Å²) in [5.74, 6) is 0. The molecule has 1 heterocycles. The highest BCUT2D eigenvalue weighted by molar-refractivity contribution is 6.24. The predicted molar refractivity (Wildman–Crippen MR) is 225 cm³/mol. The second-order valence-electron chi connectivity index (χ2n) is 14.0. The van der Waals surface area contributed by atoms with Crippen molar-refractivity contribution in [3.05, 3.63) is 194 Å². The first kappa shape index (κ1) is 29.7. The topological polar surface area (TPSA) is 13.1 Å². The van der Waals surface area contributed by atoms with E-state index < -0.39 is 0 Å². The predicted octanol–water partition coefficient (Wildman–Crippen LogP) is 14.9. The van der Waals surface area contributed by atoms with Gasteiger partial charge < -0.3 is 4.42 Å². The maximum atomic E-state index is 6.38. The molecule has 0 aliphatic carbocycles. The van der Waals surface area contributed by atoms with Gasteiger partial charge in [-0.15, -0.1) is 0 Å². The molecular formula is C52H32O. The molecule has 0 saturated carbocycles. The van der Waals surface area contributed by atoms with Crippen molar-refractivity contribution in [2.24, 2.45) is 0 Å². The largest absolute Gasteiger partial charge is 0.456 e. The molecule has 53 heavy (non-hydrogen) atoms. The van der Waals surface area contributed by atoms with Crippen molar-refractivity contribution in [1.29, 1.82) is 0 Å². The van der Waals surface area contributed by atoms with Crippen LogP contribution in [0, 0.1) is 0 Å². The van der Waals surface area contributed by atoms with E-state index in [4.69, 9.17) is 4.42 Å². The number of benzene rings is 10. The fourth-order valence-corrected chi connectivity index (χ4v) is 8.54. The zero-order valence-corrected chi connectivity index (χ0v) is 28.9. The van der Waals surface area contributed by atoms with E-state index in [0.29, 0.717) is 0 Å². The molecule has 246 valence electrons. The number of furan rings is 1. The standard InChI is InChI=1S/C52H32O/c1-2-14-34(15-3-1)46-31-48-44-20-9-7-18-42(44)47(32-49(48)43-19-8-6-17-41(43)46)39-29-37(36-26-25-33-13-4-5-16-35(33)27-36)28-38(30-39)40-22-12-24-51-52(40)45-21-10-11-23-50(45)53-51/h1-32H. The molecule has 0 unspecified atom stereocenters. The van der Waals surface area contributed by atoms with Gasteiger partial charge in [0.05, 0.1) is 0 Å². The summed E-state index contributed by atoms with van der Waals surface area (Å²) in [7, 11) is 0. The summed E-state index contributed by atoms with van der Waals surface area (Å²) >= 11 is 0. The minimum atomic E-state index is 0.901. The molecule has 1 nitrogen and oxygen atoms in total. The first-order valence-electron chi connectivity index (χ1n) is 18.2. The summed E-state index contributed by atoms with van der Waals surface area (Å²) in [4.78, 5) is 0. The van der Waals surface area contributed by atoms with Crippen molar-refractivity contribution in [3.63, 3.8) is 0 Å². The lowest BCUT2D eigenvalue weighted by atomic mass is 9.86. The van der Waals surface area contributed by atoms with Crippen molar-refractivity contribution in [1.82, 2.24) is 0 Å². The molecule has 0 N–H and O–H groups in total. The van der Waals surface area contributed by atoms with Gasteiger partial charge in [0.15, 0.2) is 0 Å². The molecule has 0 spiro atoms. The van der Waals surface area contributed by atoms with Gasteiger partial charge in [0.25, 0.3) is 0 Å². The normalized spacial score (nSPS) is 11.8. The van der Waals surface area contributed by atoms with E-state index in [1.165, 1.54) is 82.0 Å². The van der Waals surface area contributed by atoms with Crippen LogP contribution in [0.2, 0.25) is 0 Å². The maximum Gasteiger partial charge on any atom is 0.136 e. The fourth-order valence-electron chi connectivity index (χ4n) is 8.54. The van der Waals surface area contributed by atoms with Gasteiger partial charge in [-0.05, 0) is 136 Å². The van der Waals surface area contributed by atoms with Crippen molar-refractivity contribution in [3.8, 4) is 44.5 Å². The zero-order valence-electron chi connectivity index (χ0n) is 28.9. The molecule has 0 aliphatic heterocycles. The Morgan fingerprint density at radius 3 is 1.53 bits per heavy atom. The van der Waals surface area contributed by atoms with Crippen molar-refractivity contribution in [2.75, 3.05) is 0 Å². The lowest BCUT2D eigenvalue weighted by molar-refractivity contribution is 0.669. The third-order valence-corrected chi connectivity index (χ3v) is 11.0. The number of rotatable bonds is 4. The highest BCUT2D eigenvalue weighted by atomic mass is 16.3. The van der Waals surface area contributed by atoms with Crippen LogP contribution in [0.5, 0.6) is 0 Å². The molecule has 0 fully saturated rings. The molecule has 1 heteroatoms. The highest BCUT2D eigenvalue weighted by Gasteiger charge is 2.18. The minimum Gasteiger partial charge on any atom is -0.456 e. The Bertz CT molecular complexity index is 3220. The van der Waals surface area contributed by atoms with Crippen LogP contribution in [0.3, 0.4) is 0 Å². The maximum absolute atomic E-state index is 6.38. The van der Waals surface area contributed by atoms with Crippen LogP contribution in [0.1, 0.15) is 0 Å². The number of para-hydroxylation sites is 1. The molecule has 10 aromatic carbocycles. The second-order valence-corrected chi connectivity index (χ2v) is 14.0. The average molecular weight is 673 g/mol. The lowest BCUT2D eigenvalue weighted by Gasteiger charge is -2.17. The quantitative estimate of drug-likeness (QED) is 0.170. The molecule has 0 atom stereocenters. The summed E-state index contributed by atoms with van der Waals surface area (Å²) < 4.78 is 6.38. The van der Waals surface area contributed by atoms with Crippen LogP contribution < -0.4 is 0 Å². The van der Waals surface area contributed by atoms with Gasteiger partial charge in [-0.25, -0.2) is 0 Å². The van der Waals surface area contributed by atoms with Gasteiger partial charge >= 0.3 is 0 Å². The Morgan fingerprint density at radius 1 is 0.245 bits per heavy atom. The van der Waals surface area contributed by atoms with Crippen LogP contribution in [0.4, 0.5) is 0 Å². The Balaban J connectivity index is 1.23. The van der Waals surface area contributed by atoms with Gasteiger partial charge in [0.1, 0.15) is 11.2 Å². The van der Waals surface area contributed by atoms with E-state index in [2.05, 4.69) is 188 Å². The summed E-state index contributed by atoms with van der Waals surface area (Å²) in [5.41, 5.74) is 11.4. The van der Waals surface area contributed by atoms with Crippen LogP contribution >= 0.6 is 0 Å². The second kappa shape index (κ2) is 11.8. The first-order chi connectivity index (χ1) is 26.3. The number of hydrogen-bond donors (Lipinski definition) is 0. The molecular weight excluding hydrogens is 641 g/mol. The molecule has 0 saturated heterocycles. The van der Waals surface area contributed by atoms with E-state index in [9.17, 15) is 0 Å². The van der Waals surface area contributed by atoms with Gasteiger partial charge in [-0.1, -0.05) is 146 Å². The average Bonchev–Trinajstić information content (AvgIpc) is 3.62. The van der Waals surface area contributed by atoms with Crippen molar-refractivity contribution >= 4 is 65.0 Å². The molecule has 1 aromatic heterocycles. The molecule has 0 amide bonds. The van der Waals surface area contributed by atoms with Crippen molar-refractivity contribution < 1.29 is 4.42 Å². The Labute approximate surface area is 307 Å². The molecule has 0 bridgehead atoms. The Morgan fingerprint density at radius 2 is 0.792 bits per heavy atom. The summed E-state index contributed by atoms with van der Waals surface area (Å²) in [6.07, 6.45) is 0. The fraction of sp³-hybridized carbons (Fsp3) is 0. The van der Waals surface area contributed by atoms with Crippen LogP contribution in [0.15, 0.2) is 199 Å². The lowest BCUT2D eigenvalue weighted by Crippen LogP contribution is -1.91. The van der Waals surface area contributed by atoms with Gasteiger partial charge in [0.2, 0.25) is 0 Å². The SMILES string of the molecule is c1ccc(-c2cc3c4ccccc4c(-c4cc(-c5ccc6ccccc6c5)cc(-c5cccc6oc7ccccc7c56)c4)cc3c3ccccc23)cc1. The van der Waals surface area contributed by atoms with E-state index in [0.717, 1.165) is 27.5 Å². The third kappa shape index (κ3) is 4.79. The van der Waals surface area contributed by atoms with E-state index >= 15 is 0 Å². The Kier molecular flexibility index (Phi) is 6.62. The molecule has 11 aromatic rings. The van der Waals surface area contributed by atoms with Gasteiger partial charge in [-0.3, -0.25) is 0 Å². The van der Waals surface area contributed by atoms with E-state index in [-0.39, 0.29) is 0 Å². The van der Waals surface area contributed by atoms with Gasteiger partial charge in [0, 0.05) is 10.8 Å². The van der Waals surface area contributed by atoms with Crippen LogP contribution in [-0.4, -0.2) is 0 Å². The highest BCUT2D eigenvalue weighted by Crippen LogP contribution is 2.45. The molecule has 0 aliphatic rings. The van der Waals surface area contributed by atoms with Crippen LogP contribution in [0.25, 0.3) is 110 Å². The van der Waals surface area contributed by atoms with Crippen molar-refractivity contribution in [2.45, 2.75) is 0 Å². The van der Waals surface area contributed by atoms with Crippen LogP contribution in [-0.2, 0) is 0 Å². The third-order valence-electron chi connectivity index (χ3n) is 11.0. The summed E-state index contributed by atoms with van der Waals surface area (Å²) in [6, 6.07) is 70.8. The number of hydrogen-bond acceptors (Lipinski definition) is 1. The smallest absolute Gasteiger partial charge is 0.136 e. The number of fused-ring (bicyclic) bond motifs is 9. The zero-order chi connectivity index (χ0) is 34.9. The summed E-state index contributed by atoms with van der Waals surface area (Å²) in [5, 5.41) is 12.3. The Hall–Kier alpha value is -6.96. The minimum absolute atomic E-state index is 0.901. The summed E-state index contributed by atoms with van der Waals surface area (Å²) in [6.45, 7) is 0. The van der Waals surface area contributed by atoms with E-state index in [1.807, 2.05) is 6.07 Å². The molecule has 11 rings (SSSR count). The van der Waals surface area contributed by atoms with Gasteiger partial charge in [-0.2, -0.15) is 0 Å². The first-order valence-corrected chi connectivity index (χ1v) is 18.2.